The van der Waals surface area contributed by atoms with Gasteiger partial charge < -0.3 is 14.8 Å². The first-order valence-electron chi connectivity index (χ1n) is 8.53. The fraction of sp³-hybridized carbons (Fsp3) is 0.368. The third kappa shape index (κ3) is 4.09. The quantitative estimate of drug-likeness (QED) is 0.892. The maximum absolute atomic E-state index is 12.7. The van der Waals surface area contributed by atoms with Gasteiger partial charge in [0.2, 0.25) is 5.91 Å². The van der Waals surface area contributed by atoms with Crippen LogP contribution in [0.4, 0.5) is 0 Å². The highest BCUT2D eigenvalue weighted by atomic mass is 16.2. The average Bonchev–Trinajstić information content (AvgIpc) is 3.14. The molecule has 132 valence electrons. The molecule has 1 fully saturated rings. The minimum Gasteiger partial charge on any atom is -0.354 e. The number of nitrogens with one attached hydrogen (secondary N) is 1. The van der Waals surface area contributed by atoms with E-state index in [-0.39, 0.29) is 11.8 Å². The van der Waals surface area contributed by atoms with Crippen molar-refractivity contribution in [3.8, 4) is 5.69 Å². The lowest BCUT2D eigenvalue weighted by molar-refractivity contribution is -0.124. The van der Waals surface area contributed by atoms with Gasteiger partial charge in [-0.3, -0.25) is 14.5 Å². The Morgan fingerprint density at radius 2 is 2.04 bits per heavy atom. The van der Waals surface area contributed by atoms with Crippen molar-refractivity contribution in [2.75, 3.05) is 39.8 Å². The van der Waals surface area contributed by atoms with Crippen molar-refractivity contribution in [3.05, 3.63) is 53.9 Å². The molecule has 2 heterocycles. The molecule has 0 saturated carbocycles. The lowest BCUT2D eigenvalue weighted by Gasteiger charge is -2.28. The van der Waals surface area contributed by atoms with Crippen LogP contribution in [0, 0.1) is 6.92 Å². The summed E-state index contributed by atoms with van der Waals surface area (Å²) in [6.07, 6.45) is 3.95. The summed E-state index contributed by atoms with van der Waals surface area (Å²) in [6.45, 7) is 5.24. The molecular formula is C19H24N4O2. The van der Waals surface area contributed by atoms with Crippen LogP contribution in [0.3, 0.4) is 0 Å². The van der Waals surface area contributed by atoms with Crippen molar-refractivity contribution < 1.29 is 9.59 Å². The lowest BCUT2D eigenvalue weighted by Crippen LogP contribution is -2.49. The molecule has 0 unspecified atom stereocenters. The van der Waals surface area contributed by atoms with E-state index < -0.39 is 0 Å². The molecule has 0 aliphatic carbocycles. The van der Waals surface area contributed by atoms with Gasteiger partial charge in [-0.05, 0) is 36.8 Å². The molecule has 1 aromatic heterocycles. The molecule has 3 rings (SSSR count). The maximum Gasteiger partial charge on any atom is 0.253 e. The zero-order chi connectivity index (χ0) is 17.8. The van der Waals surface area contributed by atoms with Gasteiger partial charge in [0.05, 0.1) is 6.54 Å². The number of aromatic nitrogens is 1. The van der Waals surface area contributed by atoms with E-state index in [0.717, 1.165) is 17.8 Å². The number of likely N-dealkylation sites (N-methyl/N-ethyl adjacent to an activating group) is 1. The molecule has 1 saturated heterocycles. The summed E-state index contributed by atoms with van der Waals surface area (Å²) >= 11 is 0. The second-order valence-corrected chi connectivity index (χ2v) is 6.44. The fourth-order valence-electron chi connectivity index (χ4n) is 3.01. The van der Waals surface area contributed by atoms with Crippen molar-refractivity contribution in [2.24, 2.45) is 0 Å². The Balaban J connectivity index is 1.66. The number of nitrogens with zero attached hydrogens (tertiary/aromatic N) is 3. The molecule has 0 bridgehead atoms. The smallest absolute Gasteiger partial charge is 0.253 e. The van der Waals surface area contributed by atoms with Crippen molar-refractivity contribution in [1.29, 1.82) is 0 Å². The van der Waals surface area contributed by atoms with Gasteiger partial charge >= 0.3 is 0 Å². The molecule has 0 spiro atoms. The van der Waals surface area contributed by atoms with Crippen LogP contribution in [0.15, 0.2) is 42.7 Å². The molecule has 1 aliphatic rings. The number of hydrogen-bond acceptors (Lipinski definition) is 3. The molecule has 2 amide bonds. The van der Waals surface area contributed by atoms with Gasteiger partial charge in [0.15, 0.2) is 0 Å². The molecule has 1 aromatic carbocycles. The van der Waals surface area contributed by atoms with Crippen molar-refractivity contribution in [2.45, 2.75) is 6.92 Å². The van der Waals surface area contributed by atoms with Crippen molar-refractivity contribution >= 4 is 11.8 Å². The van der Waals surface area contributed by atoms with Crippen LogP contribution in [0.5, 0.6) is 0 Å². The monoisotopic (exact) mass is 340 g/mol. The number of rotatable bonds is 5. The Hall–Kier alpha value is -2.60. The van der Waals surface area contributed by atoms with Crippen LogP contribution >= 0.6 is 0 Å². The summed E-state index contributed by atoms with van der Waals surface area (Å²) < 4.78 is 2.01. The first-order valence-corrected chi connectivity index (χ1v) is 8.53. The molecular weight excluding hydrogens is 316 g/mol. The van der Waals surface area contributed by atoms with E-state index in [2.05, 4.69) is 10.2 Å². The average molecular weight is 340 g/mol. The number of carbonyl (C=O) groups excluding carboxylic acids is 2. The van der Waals surface area contributed by atoms with E-state index in [4.69, 9.17) is 0 Å². The van der Waals surface area contributed by atoms with Crippen LogP contribution < -0.4 is 5.32 Å². The van der Waals surface area contributed by atoms with Gasteiger partial charge in [0.25, 0.3) is 5.91 Å². The second-order valence-electron chi connectivity index (χ2n) is 6.44. The number of piperazine rings is 1. The standard InChI is InChI=1S/C19H24N4O2/c1-15-5-6-16(13-17(15)23-8-3-4-9-23)19(25)21(2)11-12-22-10-7-20-18(24)14-22/h3-6,8-9,13H,7,10-12,14H2,1-2H3,(H,20,24). The Labute approximate surface area is 148 Å². The van der Waals surface area contributed by atoms with Gasteiger partial charge in [0.1, 0.15) is 0 Å². The topological polar surface area (TPSA) is 57.6 Å². The molecule has 1 aliphatic heterocycles. The highest BCUT2D eigenvalue weighted by Crippen LogP contribution is 2.17. The fourth-order valence-corrected chi connectivity index (χ4v) is 3.01. The Morgan fingerprint density at radius 1 is 1.28 bits per heavy atom. The van der Waals surface area contributed by atoms with Crippen molar-refractivity contribution in [3.63, 3.8) is 0 Å². The summed E-state index contributed by atoms with van der Waals surface area (Å²) in [6, 6.07) is 9.72. The summed E-state index contributed by atoms with van der Waals surface area (Å²) in [4.78, 5) is 27.9. The van der Waals surface area contributed by atoms with E-state index in [1.165, 1.54) is 0 Å². The van der Waals surface area contributed by atoms with Crippen molar-refractivity contribution in [1.82, 2.24) is 19.7 Å². The SMILES string of the molecule is Cc1ccc(C(=O)N(C)CCN2CCNC(=O)C2)cc1-n1cccc1. The van der Waals surface area contributed by atoms with Gasteiger partial charge in [-0.25, -0.2) is 0 Å². The molecule has 0 atom stereocenters. The summed E-state index contributed by atoms with van der Waals surface area (Å²) in [5.41, 5.74) is 2.81. The van der Waals surface area contributed by atoms with Gasteiger partial charge in [-0.1, -0.05) is 6.07 Å². The number of carbonyl (C=O) groups is 2. The van der Waals surface area contributed by atoms with Gasteiger partial charge in [-0.15, -0.1) is 0 Å². The minimum absolute atomic E-state index is 0.00475. The Morgan fingerprint density at radius 3 is 2.76 bits per heavy atom. The molecule has 2 aromatic rings. The summed E-state index contributed by atoms with van der Waals surface area (Å²) in [5.74, 6) is 0.0463. The molecule has 6 nitrogen and oxygen atoms in total. The second kappa shape index (κ2) is 7.53. The molecule has 6 heteroatoms. The summed E-state index contributed by atoms with van der Waals surface area (Å²) in [7, 11) is 1.81. The number of aryl methyl sites for hydroxylation is 1. The zero-order valence-corrected chi connectivity index (χ0v) is 14.7. The van der Waals surface area contributed by atoms with Crippen LogP contribution in [0.2, 0.25) is 0 Å². The van der Waals surface area contributed by atoms with E-state index in [1.54, 1.807) is 4.90 Å². The first kappa shape index (κ1) is 17.2. The normalized spacial score (nSPS) is 15.0. The number of hydrogen-bond donors (Lipinski definition) is 1. The third-order valence-electron chi connectivity index (χ3n) is 4.55. The molecule has 1 N–H and O–H groups in total. The molecule has 25 heavy (non-hydrogen) atoms. The number of amides is 2. The number of benzene rings is 1. The van der Waals surface area contributed by atoms with Crippen LogP contribution in [-0.2, 0) is 4.79 Å². The summed E-state index contributed by atoms with van der Waals surface area (Å²) in [5, 5.41) is 2.81. The third-order valence-corrected chi connectivity index (χ3v) is 4.55. The minimum atomic E-state index is -0.00475. The van der Waals surface area contributed by atoms with Crippen LogP contribution in [0.1, 0.15) is 15.9 Å². The molecule has 0 radical (unpaired) electrons. The van der Waals surface area contributed by atoms with Crippen LogP contribution in [-0.4, -0.2) is 66.0 Å². The first-order chi connectivity index (χ1) is 12.0. The van der Waals surface area contributed by atoms with E-state index in [0.29, 0.717) is 31.7 Å². The zero-order valence-electron chi connectivity index (χ0n) is 14.7. The van der Waals surface area contributed by atoms with E-state index in [1.807, 2.05) is 61.3 Å². The van der Waals surface area contributed by atoms with Crippen LogP contribution in [0.25, 0.3) is 5.69 Å². The van der Waals surface area contributed by atoms with Gasteiger partial charge in [0, 0.05) is 56.9 Å². The maximum atomic E-state index is 12.7. The predicted octanol–water partition coefficient (Wildman–Crippen LogP) is 1.29. The largest absolute Gasteiger partial charge is 0.354 e. The van der Waals surface area contributed by atoms with E-state index in [9.17, 15) is 9.59 Å². The lowest BCUT2D eigenvalue weighted by atomic mass is 10.1. The Kier molecular flexibility index (Phi) is 5.19. The predicted molar refractivity (Wildman–Crippen MR) is 96.9 cm³/mol. The van der Waals surface area contributed by atoms with Gasteiger partial charge in [-0.2, -0.15) is 0 Å². The van der Waals surface area contributed by atoms with E-state index >= 15 is 0 Å². The highest BCUT2D eigenvalue weighted by Gasteiger charge is 2.18. The highest BCUT2D eigenvalue weighted by molar-refractivity contribution is 5.94. The Bertz CT molecular complexity index is 755.